The normalized spacial score (nSPS) is 15.3. The molecule has 0 radical (unpaired) electrons. The Morgan fingerprint density at radius 1 is 0.900 bits per heavy atom. The van der Waals surface area contributed by atoms with Crippen LogP contribution in [0.2, 0.25) is 5.02 Å². The quantitative estimate of drug-likeness (QED) is 0.393. The molecule has 1 fully saturated rings. The molecule has 0 aromatic heterocycles. The van der Waals surface area contributed by atoms with Gasteiger partial charge in [-0.3, -0.25) is 14.5 Å². The number of hydrogen-bond donors (Lipinski definition) is 0. The van der Waals surface area contributed by atoms with Crippen LogP contribution in [0, 0.1) is 5.82 Å². The number of thioether (sulfide) groups is 1. The van der Waals surface area contributed by atoms with Crippen molar-refractivity contribution in [1.82, 2.24) is 4.90 Å². The summed E-state index contributed by atoms with van der Waals surface area (Å²) in [6.07, 6.45) is 1.71. The number of hydrogen-bond acceptors (Lipinski definition) is 4. The minimum absolute atomic E-state index is 0.124. The third-order valence-corrected chi connectivity index (χ3v) is 6.53. The molecular weight excluding hydrogens is 441 g/mol. The molecule has 30 heavy (non-hydrogen) atoms. The average Bonchev–Trinajstić information content (AvgIpc) is 3.00. The zero-order chi connectivity index (χ0) is 21.1. The van der Waals surface area contributed by atoms with Crippen molar-refractivity contribution in [2.24, 2.45) is 0 Å². The summed E-state index contributed by atoms with van der Waals surface area (Å²) in [5, 5.41) is 0.369. The summed E-state index contributed by atoms with van der Waals surface area (Å²) < 4.78 is 13.1. The van der Waals surface area contributed by atoms with E-state index >= 15 is 0 Å². The van der Waals surface area contributed by atoms with E-state index in [0.29, 0.717) is 15.5 Å². The molecule has 0 aliphatic carbocycles. The summed E-state index contributed by atoms with van der Waals surface area (Å²) in [7, 11) is 0. The molecule has 0 saturated carbocycles. The van der Waals surface area contributed by atoms with Crippen molar-refractivity contribution < 1.29 is 14.0 Å². The third-order valence-electron chi connectivity index (χ3n) is 4.35. The molecule has 1 saturated heterocycles. The predicted octanol–water partition coefficient (Wildman–Crippen LogP) is 6.87. The molecule has 2 amide bonds. The zero-order valence-electron chi connectivity index (χ0n) is 15.5. The summed E-state index contributed by atoms with van der Waals surface area (Å²) in [5.41, 5.74) is 1.53. The second kappa shape index (κ2) is 9.08. The number of nitrogens with zero attached hydrogens (tertiary/aromatic N) is 1. The van der Waals surface area contributed by atoms with Crippen LogP contribution >= 0.6 is 35.1 Å². The average molecular weight is 456 g/mol. The number of benzene rings is 3. The molecule has 3 aromatic rings. The lowest BCUT2D eigenvalue weighted by molar-refractivity contribution is -0.123. The first-order valence-corrected chi connectivity index (χ1v) is 11.0. The maximum Gasteiger partial charge on any atom is 0.293 e. The molecule has 1 aliphatic rings. The lowest BCUT2D eigenvalue weighted by Crippen LogP contribution is -2.27. The van der Waals surface area contributed by atoms with Crippen LogP contribution < -0.4 is 0 Å². The van der Waals surface area contributed by atoms with Gasteiger partial charge in [-0.15, -0.1) is 0 Å². The van der Waals surface area contributed by atoms with Gasteiger partial charge >= 0.3 is 0 Å². The van der Waals surface area contributed by atoms with Crippen LogP contribution in [0.25, 0.3) is 6.08 Å². The lowest BCUT2D eigenvalue weighted by Gasteiger charge is -2.12. The number of carbonyl (C=O) groups excluding carboxylic acids is 2. The van der Waals surface area contributed by atoms with Gasteiger partial charge in [-0.2, -0.15) is 0 Å². The standard InChI is InChI=1S/C23H15ClFNO2S2/c24-17-5-11-20(12-6-17)29-19-9-3-15(4-10-19)13-21-22(27)26(23(28)30-21)14-16-1-7-18(25)8-2-16/h1-13H,14H2/b21-13-. The van der Waals surface area contributed by atoms with E-state index in [-0.39, 0.29) is 23.5 Å². The Balaban J connectivity index is 1.45. The van der Waals surface area contributed by atoms with Crippen LogP contribution in [0.3, 0.4) is 0 Å². The van der Waals surface area contributed by atoms with E-state index in [9.17, 15) is 14.0 Å². The van der Waals surface area contributed by atoms with Gasteiger partial charge in [-0.05, 0) is 77.5 Å². The third kappa shape index (κ3) is 4.95. The molecule has 1 heterocycles. The molecule has 0 spiro atoms. The fraction of sp³-hybridized carbons (Fsp3) is 0.0435. The fourth-order valence-corrected chi connectivity index (χ4v) is 4.61. The van der Waals surface area contributed by atoms with Gasteiger partial charge in [-0.1, -0.05) is 47.6 Å². The summed E-state index contributed by atoms with van der Waals surface area (Å²) in [5.74, 6) is -0.695. The van der Waals surface area contributed by atoms with Crippen molar-refractivity contribution in [3.05, 3.63) is 99.7 Å². The minimum atomic E-state index is -0.356. The second-order valence-corrected chi connectivity index (χ2v) is 9.10. The van der Waals surface area contributed by atoms with Gasteiger partial charge in [-0.25, -0.2) is 4.39 Å². The van der Waals surface area contributed by atoms with Gasteiger partial charge < -0.3 is 0 Å². The molecular formula is C23H15ClFNO2S2. The molecule has 7 heteroatoms. The van der Waals surface area contributed by atoms with Crippen molar-refractivity contribution in [2.45, 2.75) is 16.3 Å². The molecule has 3 aromatic carbocycles. The van der Waals surface area contributed by atoms with E-state index in [2.05, 4.69) is 0 Å². The molecule has 0 bridgehead atoms. The molecule has 0 atom stereocenters. The molecule has 0 unspecified atom stereocenters. The summed E-state index contributed by atoms with van der Waals surface area (Å²) >= 11 is 8.44. The molecule has 4 rings (SSSR count). The van der Waals surface area contributed by atoms with Crippen molar-refractivity contribution in [2.75, 3.05) is 0 Å². The number of imide groups is 1. The van der Waals surface area contributed by atoms with E-state index in [0.717, 1.165) is 27.1 Å². The van der Waals surface area contributed by atoms with Gasteiger partial charge in [0, 0.05) is 14.8 Å². The van der Waals surface area contributed by atoms with Gasteiger partial charge in [0.25, 0.3) is 11.1 Å². The largest absolute Gasteiger partial charge is 0.293 e. The summed E-state index contributed by atoms with van der Waals surface area (Å²) in [6.45, 7) is 0.124. The number of amides is 2. The van der Waals surface area contributed by atoms with E-state index < -0.39 is 0 Å². The van der Waals surface area contributed by atoms with E-state index in [1.165, 1.54) is 17.0 Å². The summed E-state index contributed by atoms with van der Waals surface area (Å²) in [4.78, 5) is 28.6. The molecule has 1 aliphatic heterocycles. The highest BCUT2D eigenvalue weighted by molar-refractivity contribution is 8.18. The predicted molar refractivity (Wildman–Crippen MR) is 120 cm³/mol. The maximum absolute atomic E-state index is 13.1. The lowest BCUT2D eigenvalue weighted by atomic mass is 10.2. The number of halogens is 2. The Hall–Kier alpha value is -2.54. The molecule has 150 valence electrons. The van der Waals surface area contributed by atoms with E-state index in [4.69, 9.17) is 11.6 Å². The first-order chi connectivity index (χ1) is 14.5. The van der Waals surface area contributed by atoms with E-state index in [1.807, 2.05) is 48.5 Å². The monoisotopic (exact) mass is 455 g/mol. The van der Waals surface area contributed by atoms with Crippen LogP contribution in [0.5, 0.6) is 0 Å². The van der Waals surface area contributed by atoms with Gasteiger partial charge in [0.05, 0.1) is 11.4 Å². The maximum atomic E-state index is 13.1. The van der Waals surface area contributed by atoms with Crippen LogP contribution in [0.4, 0.5) is 9.18 Å². The van der Waals surface area contributed by atoms with Crippen LogP contribution in [0.1, 0.15) is 11.1 Å². The van der Waals surface area contributed by atoms with Crippen LogP contribution in [-0.4, -0.2) is 16.0 Å². The van der Waals surface area contributed by atoms with Crippen LogP contribution in [-0.2, 0) is 11.3 Å². The Morgan fingerprint density at radius 2 is 1.50 bits per heavy atom. The van der Waals surface area contributed by atoms with E-state index in [1.54, 1.807) is 30.0 Å². The molecule has 3 nitrogen and oxygen atoms in total. The Morgan fingerprint density at radius 3 is 2.13 bits per heavy atom. The number of carbonyl (C=O) groups is 2. The highest BCUT2D eigenvalue weighted by atomic mass is 35.5. The van der Waals surface area contributed by atoms with Gasteiger partial charge in [0.15, 0.2) is 0 Å². The SMILES string of the molecule is O=C1S/C(=C\c2ccc(Sc3ccc(Cl)cc3)cc2)C(=O)N1Cc1ccc(F)cc1. The minimum Gasteiger partial charge on any atom is -0.268 e. The van der Waals surface area contributed by atoms with Gasteiger partial charge in [0.1, 0.15) is 5.82 Å². The highest BCUT2D eigenvalue weighted by Crippen LogP contribution is 2.34. The molecule has 0 N–H and O–H groups in total. The van der Waals surface area contributed by atoms with Crippen LogP contribution in [0.15, 0.2) is 87.5 Å². The number of rotatable bonds is 5. The Bertz CT molecular complexity index is 1110. The Labute approximate surface area is 186 Å². The topological polar surface area (TPSA) is 37.4 Å². The highest BCUT2D eigenvalue weighted by Gasteiger charge is 2.34. The first kappa shape index (κ1) is 20.7. The van der Waals surface area contributed by atoms with Crippen molar-refractivity contribution >= 4 is 52.3 Å². The Kier molecular flexibility index (Phi) is 6.27. The first-order valence-electron chi connectivity index (χ1n) is 9.01. The van der Waals surface area contributed by atoms with Crippen molar-refractivity contribution in [3.8, 4) is 0 Å². The second-order valence-electron chi connectivity index (χ2n) is 6.52. The zero-order valence-corrected chi connectivity index (χ0v) is 17.9. The van der Waals surface area contributed by atoms with Gasteiger partial charge in [0.2, 0.25) is 0 Å². The van der Waals surface area contributed by atoms with Crippen molar-refractivity contribution in [3.63, 3.8) is 0 Å². The fourth-order valence-electron chi connectivity index (χ4n) is 2.83. The smallest absolute Gasteiger partial charge is 0.268 e. The summed E-state index contributed by atoms with van der Waals surface area (Å²) in [6, 6.07) is 21.1. The van der Waals surface area contributed by atoms with Crippen molar-refractivity contribution in [1.29, 1.82) is 0 Å².